The maximum Gasteiger partial charge on any atom is 0.123 e. The Morgan fingerprint density at radius 1 is 0.957 bits per heavy atom. The Bertz CT molecular complexity index is 810. The van der Waals surface area contributed by atoms with E-state index in [1.165, 1.54) is 17.0 Å². The summed E-state index contributed by atoms with van der Waals surface area (Å²) >= 11 is 1.70. The normalized spacial score (nSPS) is 17.3. The summed E-state index contributed by atoms with van der Waals surface area (Å²) in [4.78, 5) is 1.19. The van der Waals surface area contributed by atoms with Crippen molar-refractivity contribution in [3.63, 3.8) is 0 Å². The van der Waals surface area contributed by atoms with Crippen LogP contribution in [0.2, 0.25) is 0 Å². The number of halogens is 1. The van der Waals surface area contributed by atoms with Gasteiger partial charge in [0.05, 0.1) is 22.3 Å². The Morgan fingerprint density at radius 3 is 2.43 bits per heavy atom. The van der Waals surface area contributed by atoms with Gasteiger partial charge in [-0.05, 0) is 41.3 Å². The van der Waals surface area contributed by atoms with E-state index >= 15 is 0 Å². The molecular formula is C19H15FN2S. The van der Waals surface area contributed by atoms with E-state index in [-0.39, 0.29) is 11.9 Å². The molecule has 0 fully saturated rings. The molecule has 2 heterocycles. The molecular weight excluding hydrogens is 307 g/mol. The molecule has 1 atom stereocenters. The van der Waals surface area contributed by atoms with Gasteiger partial charge in [0, 0.05) is 6.42 Å². The van der Waals surface area contributed by atoms with Crippen molar-refractivity contribution >= 4 is 22.7 Å². The lowest BCUT2D eigenvalue weighted by atomic mass is 10.0. The second-order valence-electron chi connectivity index (χ2n) is 5.48. The van der Waals surface area contributed by atoms with Crippen LogP contribution in [0.25, 0.3) is 0 Å². The van der Waals surface area contributed by atoms with Crippen molar-refractivity contribution in [3.8, 4) is 0 Å². The number of nitrogens with zero attached hydrogens (tertiary/aromatic N) is 2. The summed E-state index contributed by atoms with van der Waals surface area (Å²) in [5.41, 5.74) is 3.21. The van der Waals surface area contributed by atoms with Gasteiger partial charge >= 0.3 is 0 Å². The van der Waals surface area contributed by atoms with Gasteiger partial charge in [-0.1, -0.05) is 36.4 Å². The van der Waals surface area contributed by atoms with E-state index in [0.29, 0.717) is 0 Å². The van der Waals surface area contributed by atoms with Crippen LogP contribution in [0.5, 0.6) is 0 Å². The highest BCUT2D eigenvalue weighted by Crippen LogP contribution is 2.37. The van der Waals surface area contributed by atoms with Gasteiger partial charge in [-0.2, -0.15) is 5.10 Å². The third-order valence-electron chi connectivity index (χ3n) is 3.99. The van der Waals surface area contributed by atoms with Crippen molar-refractivity contribution < 1.29 is 4.39 Å². The average molecular weight is 322 g/mol. The van der Waals surface area contributed by atoms with E-state index < -0.39 is 0 Å². The number of thiophene rings is 1. The molecule has 0 radical (unpaired) electrons. The molecule has 23 heavy (non-hydrogen) atoms. The molecule has 0 saturated heterocycles. The van der Waals surface area contributed by atoms with Gasteiger partial charge in [0.15, 0.2) is 0 Å². The Kier molecular flexibility index (Phi) is 3.67. The number of para-hydroxylation sites is 1. The van der Waals surface area contributed by atoms with Gasteiger partial charge in [-0.25, -0.2) is 4.39 Å². The van der Waals surface area contributed by atoms with Crippen LogP contribution in [0.15, 0.2) is 77.2 Å². The molecule has 4 rings (SSSR count). The highest BCUT2D eigenvalue weighted by Gasteiger charge is 2.30. The van der Waals surface area contributed by atoms with Crippen LogP contribution in [-0.2, 0) is 0 Å². The zero-order valence-corrected chi connectivity index (χ0v) is 13.2. The van der Waals surface area contributed by atoms with Crippen molar-refractivity contribution in [2.75, 3.05) is 5.01 Å². The molecule has 0 N–H and O–H groups in total. The van der Waals surface area contributed by atoms with E-state index in [2.05, 4.69) is 23.6 Å². The third-order valence-corrected chi connectivity index (χ3v) is 4.91. The lowest BCUT2D eigenvalue weighted by molar-refractivity contribution is 0.624. The maximum atomic E-state index is 13.3. The van der Waals surface area contributed by atoms with Gasteiger partial charge in [0.1, 0.15) is 5.82 Å². The summed E-state index contributed by atoms with van der Waals surface area (Å²) in [6.07, 6.45) is 0.820. The number of rotatable bonds is 3. The fourth-order valence-electron chi connectivity index (χ4n) is 2.87. The molecule has 0 bridgehead atoms. The zero-order valence-electron chi connectivity index (χ0n) is 12.4. The van der Waals surface area contributed by atoms with Gasteiger partial charge in [0.25, 0.3) is 0 Å². The SMILES string of the molecule is Fc1ccc([C@@H]2CC(c3cccs3)=NN2c2ccccc2)cc1. The highest BCUT2D eigenvalue weighted by atomic mass is 32.1. The first-order valence-electron chi connectivity index (χ1n) is 7.52. The van der Waals surface area contributed by atoms with Crippen molar-refractivity contribution in [3.05, 3.63) is 88.4 Å². The second kappa shape index (κ2) is 5.97. The molecule has 1 aliphatic rings. The predicted octanol–water partition coefficient (Wildman–Crippen LogP) is 5.24. The van der Waals surface area contributed by atoms with Crippen molar-refractivity contribution in [2.45, 2.75) is 12.5 Å². The van der Waals surface area contributed by atoms with Crippen LogP contribution < -0.4 is 5.01 Å². The zero-order chi connectivity index (χ0) is 15.6. The fraction of sp³-hybridized carbons (Fsp3) is 0.105. The largest absolute Gasteiger partial charge is 0.257 e. The molecule has 0 spiro atoms. The van der Waals surface area contributed by atoms with Crippen molar-refractivity contribution in [1.29, 1.82) is 0 Å². The highest BCUT2D eigenvalue weighted by molar-refractivity contribution is 7.12. The first kappa shape index (κ1) is 14.2. The van der Waals surface area contributed by atoms with E-state index in [0.717, 1.165) is 23.4 Å². The smallest absolute Gasteiger partial charge is 0.123 e. The molecule has 1 aromatic heterocycles. The van der Waals surface area contributed by atoms with E-state index in [1.807, 2.05) is 41.4 Å². The standard InChI is InChI=1S/C19H15FN2S/c20-15-10-8-14(9-11-15)18-13-17(19-7-4-12-23-19)21-22(18)16-5-2-1-3-6-16/h1-12,18H,13H2/t18-/m0/s1. The second-order valence-corrected chi connectivity index (χ2v) is 6.42. The summed E-state index contributed by atoms with van der Waals surface area (Å²) < 4.78 is 13.3. The Labute approximate surface area is 138 Å². The lowest BCUT2D eigenvalue weighted by Gasteiger charge is -2.23. The summed E-state index contributed by atoms with van der Waals surface area (Å²) in [5.74, 6) is -0.211. The first-order valence-corrected chi connectivity index (χ1v) is 8.40. The van der Waals surface area contributed by atoms with Gasteiger partial charge in [0.2, 0.25) is 0 Å². The van der Waals surface area contributed by atoms with Gasteiger partial charge in [-0.3, -0.25) is 5.01 Å². The van der Waals surface area contributed by atoms with E-state index in [9.17, 15) is 4.39 Å². The minimum atomic E-state index is -0.211. The lowest BCUT2D eigenvalue weighted by Crippen LogP contribution is -2.18. The molecule has 114 valence electrons. The summed E-state index contributed by atoms with van der Waals surface area (Å²) in [6, 6.07) is 21.1. The Hall–Kier alpha value is -2.46. The molecule has 0 unspecified atom stereocenters. The van der Waals surface area contributed by atoms with Crippen LogP contribution >= 0.6 is 11.3 Å². The molecule has 0 aliphatic carbocycles. The molecule has 2 aromatic carbocycles. The number of hydrogen-bond donors (Lipinski definition) is 0. The van der Waals surface area contributed by atoms with Crippen molar-refractivity contribution in [2.24, 2.45) is 5.10 Å². The number of hydrazone groups is 1. The molecule has 0 amide bonds. The minimum absolute atomic E-state index is 0.0927. The van der Waals surface area contributed by atoms with Gasteiger partial charge < -0.3 is 0 Å². The number of hydrogen-bond acceptors (Lipinski definition) is 3. The van der Waals surface area contributed by atoms with Crippen LogP contribution in [0.1, 0.15) is 22.9 Å². The number of benzene rings is 2. The Balaban J connectivity index is 1.74. The maximum absolute atomic E-state index is 13.3. The third kappa shape index (κ3) is 2.78. The fourth-order valence-corrected chi connectivity index (χ4v) is 3.59. The van der Waals surface area contributed by atoms with Crippen molar-refractivity contribution in [1.82, 2.24) is 0 Å². The molecule has 3 aromatic rings. The minimum Gasteiger partial charge on any atom is -0.257 e. The van der Waals surface area contributed by atoms with Crippen LogP contribution in [0, 0.1) is 5.82 Å². The topological polar surface area (TPSA) is 15.6 Å². The summed E-state index contributed by atoms with van der Waals surface area (Å²) in [7, 11) is 0. The molecule has 2 nitrogen and oxygen atoms in total. The van der Waals surface area contributed by atoms with Crippen LogP contribution in [0.4, 0.5) is 10.1 Å². The quantitative estimate of drug-likeness (QED) is 0.643. The molecule has 1 aliphatic heterocycles. The Morgan fingerprint density at radius 2 is 1.74 bits per heavy atom. The summed E-state index contributed by atoms with van der Waals surface area (Å²) in [6.45, 7) is 0. The molecule has 0 saturated carbocycles. The van der Waals surface area contributed by atoms with E-state index in [1.54, 1.807) is 11.3 Å². The van der Waals surface area contributed by atoms with E-state index in [4.69, 9.17) is 5.10 Å². The average Bonchev–Trinajstić information content (AvgIpc) is 3.26. The molecule has 4 heteroatoms. The van der Waals surface area contributed by atoms with Crippen LogP contribution in [-0.4, -0.2) is 5.71 Å². The predicted molar refractivity (Wildman–Crippen MR) is 93.5 cm³/mol. The first-order chi connectivity index (χ1) is 11.3. The monoisotopic (exact) mass is 322 g/mol. The van der Waals surface area contributed by atoms with Gasteiger partial charge in [-0.15, -0.1) is 11.3 Å². The number of anilines is 1. The summed E-state index contributed by atoms with van der Waals surface area (Å²) in [5, 5.41) is 8.96. The van der Waals surface area contributed by atoms with Crippen LogP contribution in [0.3, 0.4) is 0 Å².